The number of carbonyl (C=O) groups excluding carboxylic acids is 2. The van der Waals surface area contributed by atoms with Crippen molar-refractivity contribution in [1.29, 1.82) is 0 Å². The molecule has 1 atom stereocenters. The topological polar surface area (TPSA) is 83.0 Å². The Bertz CT molecular complexity index is 1130. The lowest BCUT2D eigenvalue weighted by Crippen LogP contribution is -2.62. The molecule has 32 heavy (non-hydrogen) atoms. The number of rotatable bonds is 6. The van der Waals surface area contributed by atoms with Crippen molar-refractivity contribution in [3.8, 4) is 0 Å². The molecule has 0 bridgehead atoms. The summed E-state index contributed by atoms with van der Waals surface area (Å²) < 4.78 is 9.19. The molecule has 0 radical (unpaired) electrons. The average Bonchev–Trinajstić information content (AvgIpc) is 3.30. The van der Waals surface area contributed by atoms with E-state index in [1.54, 1.807) is 11.7 Å². The smallest absolute Gasteiger partial charge is 0.378 e. The summed E-state index contributed by atoms with van der Waals surface area (Å²) in [6.07, 6.45) is 0. The molecule has 0 aliphatic carbocycles. The summed E-state index contributed by atoms with van der Waals surface area (Å²) in [6.45, 7) is 9.43. The number of benzene rings is 1. The lowest BCUT2D eigenvalue weighted by Gasteiger charge is -2.34. The zero-order valence-electron chi connectivity index (χ0n) is 19.2. The highest BCUT2D eigenvalue weighted by Gasteiger charge is 2.53. The van der Waals surface area contributed by atoms with Gasteiger partial charge in [-0.25, -0.2) is 9.37 Å². The Kier molecular flexibility index (Phi) is 5.92. The number of imide groups is 1. The molecule has 1 aromatic carbocycles. The largest absolute Gasteiger partial charge is 0.421 e. The predicted octanol–water partition coefficient (Wildman–Crippen LogP) is 1.94. The Morgan fingerprint density at radius 3 is 2.56 bits per heavy atom. The number of nitrogens with zero attached hydrogens (tertiary/aromatic N) is 6. The van der Waals surface area contributed by atoms with Crippen molar-refractivity contribution >= 4 is 23.7 Å². The van der Waals surface area contributed by atoms with Crippen LogP contribution in [0.1, 0.15) is 29.4 Å². The Morgan fingerprint density at radius 2 is 1.91 bits per heavy atom. The van der Waals surface area contributed by atoms with E-state index in [1.165, 1.54) is 9.80 Å². The van der Waals surface area contributed by atoms with Gasteiger partial charge in [-0.05, 0) is 44.9 Å². The van der Waals surface area contributed by atoms with Crippen LogP contribution in [0.3, 0.4) is 0 Å². The minimum atomic E-state index is -0.707. The molecule has 4 rings (SSSR count). The maximum atomic E-state index is 13.7. The molecule has 1 aromatic heterocycles. The number of ether oxygens (including phenoxy) is 1. The number of aromatic nitrogens is 2. The second-order valence-electron chi connectivity index (χ2n) is 8.09. The summed E-state index contributed by atoms with van der Waals surface area (Å²) in [5.41, 5.74) is 3.72. The number of hydrogen-bond donors (Lipinski definition) is 0. The van der Waals surface area contributed by atoms with E-state index < -0.39 is 6.04 Å². The number of amides is 3. The Hall–Kier alpha value is -3.33. The van der Waals surface area contributed by atoms with Crippen LogP contribution in [-0.2, 0) is 16.1 Å². The first kappa shape index (κ1) is 21.9. The molecule has 1 saturated heterocycles. The van der Waals surface area contributed by atoms with Crippen molar-refractivity contribution in [1.82, 2.24) is 19.6 Å². The van der Waals surface area contributed by atoms with Crippen LogP contribution in [-0.4, -0.2) is 80.7 Å². The van der Waals surface area contributed by atoms with Crippen molar-refractivity contribution in [3.63, 3.8) is 0 Å². The zero-order valence-corrected chi connectivity index (χ0v) is 19.2. The number of urea groups is 1. The number of aliphatic imine (C=N–C) groups is 1. The highest BCUT2D eigenvalue weighted by molar-refractivity contribution is 6.22. The van der Waals surface area contributed by atoms with E-state index in [1.807, 2.05) is 62.6 Å². The van der Waals surface area contributed by atoms with Gasteiger partial charge in [0.15, 0.2) is 0 Å². The van der Waals surface area contributed by atoms with Gasteiger partial charge in [0.1, 0.15) is 5.69 Å². The van der Waals surface area contributed by atoms with Crippen molar-refractivity contribution in [2.75, 3.05) is 26.8 Å². The first-order chi connectivity index (χ1) is 15.3. The molecule has 2 aromatic rings. The quantitative estimate of drug-likeness (QED) is 0.511. The molecule has 3 amide bonds. The number of fused-ring (bicyclic) bond motifs is 1. The average molecular weight is 438 g/mol. The van der Waals surface area contributed by atoms with Gasteiger partial charge in [0.2, 0.25) is 11.9 Å². The number of carbonyl (C=O) groups is 2. The van der Waals surface area contributed by atoms with E-state index in [2.05, 4.69) is 5.10 Å². The number of hydrogen-bond acceptors (Lipinski definition) is 5. The molecule has 0 saturated carbocycles. The van der Waals surface area contributed by atoms with Crippen LogP contribution >= 0.6 is 0 Å². The molecule has 9 nitrogen and oxygen atoms in total. The molecule has 168 valence electrons. The third kappa shape index (κ3) is 3.73. The van der Waals surface area contributed by atoms with Crippen LogP contribution in [0.25, 0.3) is 0 Å². The van der Waals surface area contributed by atoms with Crippen molar-refractivity contribution in [2.45, 2.75) is 40.3 Å². The van der Waals surface area contributed by atoms with Crippen molar-refractivity contribution in [2.24, 2.45) is 4.99 Å². The van der Waals surface area contributed by atoms with Gasteiger partial charge in [0, 0.05) is 13.7 Å². The van der Waals surface area contributed by atoms with Crippen LogP contribution in [0.4, 0.5) is 4.79 Å². The lowest BCUT2D eigenvalue weighted by molar-refractivity contribution is -0.540. The summed E-state index contributed by atoms with van der Waals surface area (Å²) in [5.74, 6) is 0.657. The van der Waals surface area contributed by atoms with Gasteiger partial charge in [-0.2, -0.15) is 0 Å². The number of likely N-dealkylation sites (N-methyl/N-ethyl adjacent to an activating group) is 1. The molecule has 0 spiro atoms. The van der Waals surface area contributed by atoms with E-state index >= 15 is 0 Å². The van der Waals surface area contributed by atoms with E-state index in [0.29, 0.717) is 31.6 Å². The predicted molar refractivity (Wildman–Crippen MR) is 120 cm³/mol. The maximum absolute atomic E-state index is 13.7. The molecule has 1 unspecified atom stereocenters. The summed E-state index contributed by atoms with van der Waals surface area (Å²) >= 11 is 0. The van der Waals surface area contributed by atoms with E-state index in [0.717, 1.165) is 22.5 Å². The molecule has 1 fully saturated rings. The minimum Gasteiger partial charge on any atom is -0.378 e. The first-order valence-corrected chi connectivity index (χ1v) is 10.8. The summed E-state index contributed by atoms with van der Waals surface area (Å²) in [6, 6.07) is 8.64. The highest BCUT2D eigenvalue weighted by atomic mass is 16.5. The van der Waals surface area contributed by atoms with Crippen molar-refractivity contribution < 1.29 is 18.9 Å². The van der Waals surface area contributed by atoms with Gasteiger partial charge in [0.05, 0.1) is 25.4 Å². The van der Waals surface area contributed by atoms with Crippen LogP contribution in [0, 0.1) is 20.8 Å². The van der Waals surface area contributed by atoms with E-state index in [4.69, 9.17) is 9.73 Å². The van der Waals surface area contributed by atoms with Crippen LogP contribution in [0.2, 0.25) is 0 Å². The molecule has 9 heteroatoms. The third-order valence-electron chi connectivity index (χ3n) is 5.86. The van der Waals surface area contributed by atoms with Gasteiger partial charge >= 0.3 is 12.0 Å². The summed E-state index contributed by atoms with van der Waals surface area (Å²) in [5, 5.41) is 4.56. The molecule has 3 heterocycles. The second kappa shape index (κ2) is 8.66. The van der Waals surface area contributed by atoms with E-state index in [9.17, 15) is 9.59 Å². The highest BCUT2D eigenvalue weighted by Crippen LogP contribution is 2.23. The fourth-order valence-corrected chi connectivity index (χ4v) is 4.15. The Morgan fingerprint density at radius 1 is 1.16 bits per heavy atom. The standard InChI is InChI=1S/C23H29N6O3/c1-6-32-12-11-27-19-20(24-22(27)29-17(4)13-16(3)25-29)26(5)23(31)28(21(19)30)14-18-10-8-7-9-15(18)2/h7-10,13,19H,6,11-12,14H2,1-5H3/q+1. The van der Waals surface area contributed by atoms with Crippen molar-refractivity contribution in [3.05, 3.63) is 52.8 Å². The molecular formula is C23H29N6O3+. The minimum absolute atomic E-state index is 0.215. The second-order valence-corrected chi connectivity index (χ2v) is 8.09. The first-order valence-electron chi connectivity index (χ1n) is 10.8. The normalized spacial score (nSPS) is 18.5. The molecule has 0 N–H and O–H groups in total. The lowest BCUT2D eigenvalue weighted by atomic mass is 10.1. The fourth-order valence-electron chi connectivity index (χ4n) is 4.15. The van der Waals surface area contributed by atoms with Crippen LogP contribution < -0.4 is 0 Å². The number of aryl methyl sites for hydroxylation is 3. The monoisotopic (exact) mass is 437 g/mol. The Labute approximate surface area is 187 Å². The summed E-state index contributed by atoms with van der Waals surface area (Å²) in [4.78, 5) is 34.3. The molecule has 2 aliphatic heterocycles. The third-order valence-corrected chi connectivity index (χ3v) is 5.86. The van der Waals surface area contributed by atoms with Gasteiger partial charge in [0.25, 0.3) is 5.91 Å². The zero-order chi connectivity index (χ0) is 23.0. The molecular weight excluding hydrogens is 408 g/mol. The van der Waals surface area contributed by atoms with Gasteiger partial charge < -0.3 is 4.74 Å². The Balaban J connectivity index is 1.75. The van der Waals surface area contributed by atoms with Crippen LogP contribution in [0.15, 0.2) is 35.3 Å². The summed E-state index contributed by atoms with van der Waals surface area (Å²) in [7, 11) is 1.66. The van der Waals surface area contributed by atoms with E-state index in [-0.39, 0.29) is 18.5 Å². The number of amidine groups is 1. The fraction of sp³-hybridized carbons (Fsp3) is 0.435. The van der Waals surface area contributed by atoms with Gasteiger partial charge in [-0.15, -0.1) is 9.78 Å². The van der Waals surface area contributed by atoms with Crippen LogP contribution in [0.5, 0.6) is 0 Å². The van der Waals surface area contributed by atoms with Gasteiger partial charge in [-0.1, -0.05) is 29.3 Å². The molecule has 2 aliphatic rings. The van der Waals surface area contributed by atoms with Gasteiger partial charge in [-0.3, -0.25) is 14.6 Å². The SMILES string of the molecule is CCOCC[N+]1=C(n2nc(C)cc2C)N=C2C1C(=O)N(Cc1ccccc1C)C(=O)N2C. The maximum Gasteiger partial charge on any atom is 0.421 e.